The minimum Gasteiger partial charge on any atom is -0.326 e. The lowest BCUT2D eigenvalue weighted by Crippen LogP contribution is -2.37. The Balaban J connectivity index is 1.50. The zero-order valence-corrected chi connectivity index (χ0v) is 13.8. The van der Waals surface area contributed by atoms with E-state index >= 15 is 0 Å². The van der Waals surface area contributed by atoms with Gasteiger partial charge in [0.05, 0.1) is 5.02 Å². The van der Waals surface area contributed by atoms with Crippen molar-refractivity contribution in [1.29, 1.82) is 0 Å². The number of carbonyl (C=O) groups excluding carboxylic acids is 1. The van der Waals surface area contributed by atoms with Gasteiger partial charge in [0.25, 0.3) is 0 Å². The van der Waals surface area contributed by atoms with Crippen molar-refractivity contribution >= 4 is 23.2 Å². The minimum absolute atomic E-state index is 0.00713. The number of nitrogens with zero attached hydrogens (tertiary/aromatic N) is 3. The molecule has 1 amide bonds. The van der Waals surface area contributed by atoms with Gasteiger partial charge in [-0.2, -0.15) is 0 Å². The first-order chi connectivity index (χ1) is 11.6. The fourth-order valence-corrected chi connectivity index (χ4v) is 3.02. The van der Waals surface area contributed by atoms with Crippen LogP contribution in [0.2, 0.25) is 5.02 Å². The number of halogens is 2. The highest BCUT2D eigenvalue weighted by molar-refractivity contribution is 6.31. The maximum Gasteiger partial charge on any atom is 0.227 e. The van der Waals surface area contributed by atoms with Crippen LogP contribution in [0.1, 0.15) is 18.4 Å². The molecular formula is C17H18ClFN4O. The van der Waals surface area contributed by atoms with Crippen molar-refractivity contribution in [2.24, 2.45) is 5.92 Å². The lowest BCUT2D eigenvalue weighted by molar-refractivity contribution is -0.121. The third-order valence-corrected chi connectivity index (χ3v) is 4.46. The van der Waals surface area contributed by atoms with Gasteiger partial charge in [-0.15, -0.1) is 0 Å². The molecule has 2 heterocycles. The predicted molar refractivity (Wildman–Crippen MR) is 90.1 cm³/mol. The van der Waals surface area contributed by atoms with Crippen molar-refractivity contribution < 1.29 is 9.18 Å². The molecule has 0 radical (unpaired) electrons. The Bertz CT molecular complexity index is 705. The van der Waals surface area contributed by atoms with Crippen molar-refractivity contribution in [1.82, 2.24) is 14.9 Å². The molecule has 1 aliphatic rings. The van der Waals surface area contributed by atoms with E-state index in [-0.39, 0.29) is 16.8 Å². The Hall–Kier alpha value is -2.05. The van der Waals surface area contributed by atoms with Gasteiger partial charge in [-0.05, 0) is 44.1 Å². The molecule has 0 aliphatic carbocycles. The summed E-state index contributed by atoms with van der Waals surface area (Å²) in [7, 11) is 0. The first-order valence-corrected chi connectivity index (χ1v) is 8.22. The molecule has 24 heavy (non-hydrogen) atoms. The number of piperidine rings is 1. The first kappa shape index (κ1) is 16.8. The van der Waals surface area contributed by atoms with Crippen LogP contribution < -0.4 is 5.32 Å². The minimum atomic E-state index is -0.493. The Morgan fingerprint density at radius 1 is 1.29 bits per heavy atom. The van der Waals surface area contributed by atoms with Gasteiger partial charge in [-0.25, -0.2) is 14.4 Å². The van der Waals surface area contributed by atoms with Gasteiger partial charge < -0.3 is 5.32 Å². The zero-order valence-electron chi connectivity index (χ0n) is 13.1. The Morgan fingerprint density at radius 3 is 2.67 bits per heavy atom. The third kappa shape index (κ3) is 4.27. The number of benzene rings is 1. The maximum absolute atomic E-state index is 13.2. The highest BCUT2D eigenvalue weighted by Crippen LogP contribution is 2.23. The summed E-state index contributed by atoms with van der Waals surface area (Å²) in [5, 5.41) is 2.82. The second kappa shape index (κ2) is 7.68. The van der Waals surface area contributed by atoms with E-state index in [1.54, 1.807) is 0 Å². The first-order valence-electron chi connectivity index (χ1n) is 7.84. The molecule has 0 bridgehead atoms. The average Bonchev–Trinajstić information content (AvgIpc) is 2.60. The number of rotatable bonds is 4. The van der Waals surface area contributed by atoms with Crippen LogP contribution in [0.4, 0.5) is 10.1 Å². The smallest absolute Gasteiger partial charge is 0.227 e. The predicted octanol–water partition coefficient (Wildman–Crippen LogP) is 3.12. The molecule has 0 unspecified atom stereocenters. The van der Waals surface area contributed by atoms with Gasteiger partial charge in [-0.3, -0.25) is 9.69 Å². The normalized spacial score (nSPS) is 16.1. The van der Waals surface area contributed by atoms with E-state index in [0.29, 0.717) is 5.69 Å². The summed E-state index contributed by atoms with van der Waals surface area (Å²) >= 11 is 5.74. The van der Waals surface area contributed by atoms with Crippen LogP contribution in [-0.4, -0.2) is 33.9 Å². The molecule has 0 atom stereocenters. The Morgan fingerprint density at radius 2 is 2.00 bits per heavy atom. The van der Waals surface area contributed by atoms with E-state index in [1.807, 2.05) is 12.4 Å². The number of carbonyl (C=O) groups is 1. The molecule has 1 aromatic carbocycles. The van der Waals surface area contributed by atoms with E-state index in [1.165, 1.54) is 24.5 Å². The van der Waals surface area contributed by atoms with E-state index < -0.39 is 5.82 Å². The number of hydrogen-bond donors (Lipinski definition) is 1. The van der Waals surface area contributed by atoms with Crippen molar-refractivity contribution in [3.63, 3.8) is 0 Å². The molecule has 126 valence electrons. The molecular weight excluding hydrogens is 331 g/mol. The lowest BCUT2D eigenvalue weighted by atomic mass is 9.95. The second-order valence-corrected chi connectivity index (χ2v) is 6.32. The second-order valence-electron chi connectivity index (χ2n) is 5.92. The van der Waals surface area contributed by atoms with E-state index in [0.717, 1.165) is 38.0 Å². The van der Waals surface area contributed by atoms with E-state index in [2.05, 4.69) is 20.2 Å². The van der Waals surface area contributed by atoms with Crippen LogP contribution in [0, 0.1) is 11.7 Å². The van der Waals surface area contributed by atoms with Crippen LogP contribution >= 0.6 is 11.6 Å². The fraction of sp³-hybridized carbons (Fsp3) is 0.353. The van der Waals surface area contributed by atoms with Crippen molar-refractivity contribution in [3.05, 3.63) is 53.3 Å². The molecule has 3 rings (SSSR count). The third-order valence-electron chi connectivity index (χ3n) is 4.17. The van der Waals surface area contributed by atoms with Gasteiger partial charge in [0, 0.05) is 36.1 Å². The molecule has 1 aromatic heterocycles. The summed E-state index contributed by atoms with van der Waals surface area (Å²) in [6.07, 6.45) is 6.71. The van der Waals surface area contributed by atoms with Crippen LogP contribution in [0.3, 0.4) is 0 Å². The van der Waals surface area contributed by atoms with Crippen LogP contribution in [0.5, 0.6) is 0 Å². The summed E-state index contributed by atoms with van der Waals surface area (Å²) in [5.41, 5.74) is 1.59. The molecule has 7 heteroatoms. The Labute approximate surface area is 144 Å². The SMILES string of the molecule is O=C(Nc1ccc(F)c(Cl)c1)C1CCN(Cc2cncnc2)CC1. The Kier molecular flexibility index (Phi) is 5.37. The molecule has 1 saturated heterocycles. The number of anilines is 1. The van der Waals surface area contributed by atoms with Gasteiger partial charge in [0.15, 0.2) is 0 Å². The zero-order chi connectivity index (χ0) is 16.9. The highest BCUT2D eigenvalue weighted by Gasteiger charge is 2.25. The number of likely N-dealkylation sites (tertiary alicyclic amines) is 1. The summed E-state index contributed by atoms with van der Waals surface area (Å²) < 4.78 is 13.2. The standard InChI is InChI=1S/C17H18ClFN4O/c18-15-7-14(1-2-16(15)19)22-17(24)13-3-5-23(6-4-13)10-12-8-20-11-21-9-12/h1-2,7-9,11,13H,3-6,10H2,(H,22,24). The quantitative estimate of drug-likeness (QED) is 0.922. The van der Waals surface area contributed by atoms with Crippen molar-refractivity contribution in [3.8, 4) is 0 Å². The van der Waals surface area contributed by atoms with Gasteiger partial charge in [-0.1, -0.05) is 11.6 Å². The summed E-state index contributed by atoms with van der Waals surface area (Å²) in [5.74, 6) is -0.578. The molecule has 1 N–H and O–H groups in total. The van der Waals surface area contributed by atoms with Crippen molar-refractivity contribution in [2.45, 2.75) is 19.4 Å². The molecule has 0 spiro atoms. The highest BCUT2D eigenvalue weighted by atomic mass is 35.5. The lowest BCUT2D eigenvalue weighted by Gasteiger charge is -2.31. The largest absolute Gasteiger partial charge is 0.326 e. The molecule has 5 nitrogen and oxygen atoms in total. The van der Waals surface area contributed by atoms with E-state index in [9.17, 15) is 9.18 Å². The molecule has 1 aliphatic heterocycles. The number of hydrogen-bond acceptors (Lipinski definition) is 4. The number of aromatic nitrogens is 2. The maximum atomic E-state index is 13.2. The molecule has 0 saturated carbocycles. The van der Waals surface area contributed by atoms with Crippen LogP contribution in [0.25, 0.3) is 0 Å². The molecule has 2 aromatic rings. The number of amides is 1. The average molecular weight is 349 g/mol. The fourth-order valence-electron chi connectivity index (χ4n) is 2.84. The summed E-state index contributed by atoms with van der Waals surface area (Å²) in [4.78, 5) is 22.7. The van der Waals surface area contributed by atoms with Gasteiger partial charge in [0.2, 0.25) is 5.91 Å². The number of nitrogens with one attached hydrogen (secondary N) is 1. The van der Waals surface area contributed by atoms with Gasteiger partial charge in [0.1, 0.15) is 12.1 Å². The summed E-state index contributed by atoms with van der Waals surface area (Å²) in [6.45, 7) is 2.48. The van der Waals surface area contributed by atoms with Crippen LogP contribution in [-0.2, 0) is 11.3 Å². The van der Waals surface area contributed by atoms with Crippen molar-refractivity contribution in [2.75, 3.05) is 18.4 Å². The summed E-state index contributed by atoms with van der Waals surface area (Å²) in [6, 6.07) is 4.20. The monoisotopic (exact) mass is 348 g/mol. The van der Waals surface area contributed by atoms with Crippen LogP contribution in [0.15, 0.2) is 36.9 Å². The van der Waals surface area contributed by atoms with Gasteiger partial charge >= 0.3 is 0 Å². The van der Waals surface area contributed by atoms with E-state index in [4.69, 9.17) is 11.6 Å². The molecule has 1 fully saturated rings. The topological polar surface area (TPSA) is 58.1 Å².